The number of hydrogen-bond acceptors (Lipinski definition) is 4. The molecule has 1 radical (unpaired) electrons. The number of rotatable bonds is 3. The van der Waals surface area contributed by atoms with Gasteiger partial charge in [0.25, 0.3) is 0 Å². The van der Waals surface area contributed by atoms with Crippen LogP contribution in [0.25, 0.3) is 0 Å². The highest BCUT2D eigenvalue weighted by molar-refractivity contribution is 5.92. The van der Waals surface area contributed by atoms with Crippen molar-refractivity contribution >= 4 is 12.4 Å². The minimum absolute atomic E-state index is 0.143. The van der Waals surface area contributed by atoms with E-state index in [2.05, 4.69) is 9.47 Å². The van der Waals surface area contributed by atoms with Crippen LogP contribution in [0.4, 0.5) is 0 Å². The minimum atomic E-state index is -0.550. The molecule has 1 aromatic carbocycles. The van der Waals surface area contributed by atoms with Gasteiger partial charge >= 0.3 is 12.4 Å². The van der Waals surface area contributed by atoms with Gasteiger partial charge < -0.3 is 9.47 Å². The fourth-order valence-electron chi connectivity index (χ4n) is 0.879. The van der Waals surface area contributed by atoms with Crippen molar-refractivity contribution in [1.82, 2.24) is 0 Å². The molecule has 4 heteroatoms. The van der Waals surface area contributed by atoms with Gasteiger partial charge in [-0.25, -0.2) is 9.59 Å². The van der Waals surface area contributed by atoms with Gasteiger partial charge in [0.2, 0.25) is 0 Å². The zero-order valence-corrected chi connectivity index (χ0v) is 6.94. The van der Waals surface area contributed by atoms with Gasteiger partial charge in [0.1, 0.15) is 11.3 Å². The quantitative estimate of drug-likeness (QED) is 0.647. The minimum Gasteiger partial charge on any atom is -0.465 e. The molecule has 0 aliphatic rings. The van der Waals surface area contributed by atoms with Crippen LogP contribution < -0.4 is 4.74 Å². The molecule has 0 N–H and O–H groups in total. The Morgan fingerprint density at radius 1 is 1.38 bits per heavy atom. The van der Waals surface area contributed by atoms with E-state index in [1.807, 2.05) is 0 Å². The fourth-order valence-corrected chi connectivity index (χ4v) is 0.879. The van der Waals surface area contributed by atoms with Crippen LogP contribution in [-0.2, 0) is 9.53 Å². The van der Waals surface area contributed by atoms with Gasteiger partial charge in [-0.1, -0.05) is 12.1 Å². The molecule has 0 fully saturated rings. The van der Waals surface area contributed by atoms with Crippen LogP contribution in [0, 0.1) is 0 Å². The van der Waals surface area contributed by atoms with Gasteiger partial charge in [0.15, 0.2) is 0 Å². The number of carbonyl (C=O) groups excluding carboxylic acids is 2. The van der Waals surface area contributed by atoms with Crippen LogP contribution in [-0.4, -0.2) is 19.6 Å². The molecule has 67 valence electrons. The summed E-state index contributed by atoms with van der Waals surface area (Å²) in [7, 11) is 1.25. The first-order valence-electron chi connectivity index (χ1n) is 3.51. The van der Waals surface area contributed by atoms with Crippen molar-refractivity contribution in [2.45, 2.75) is 0 Å². The zero-order valence-electron chi connectivity index (χ0n) is 6.94. The predicted molar refractivity (Wildman–Crippen MR) is 44.1 cm³/mol. The maximum atomic E-state index is 11.1. The summed E-state index contributed by atoms with van der Waals surface area (Å²) in [5, 5.41) is 0. The molecule has 0 amide bonds. The van der Waals surface area contributed by atoms with Crippen molar-refractivity contribution in [3.05, 3.63) is 29.8 Å². The number of hydrogen-bond donors (Lipinski definition) is 0. The molecule has 1 rings (SSSR count). The van der Waals surface area contributed by atoms with Crippen LogP contribution in [0.3, 0.4) is 0 Å². The lowest BCUT2D eigenvalue weighted by molar-refractivity contribution is 0.0598. The Kier molecular flexibility index (Phi) is 3.03. The highest BCUT2D eigenvalue weighted by atomic mass is 16.5. The van der Waals surface area contributed by atoms with Crippen molar-refractivity contribution in [2.75, 3.05) is 7.11 Å². The van der Waals surface area contributed by atoms with E-state index in [0.717, 1.165) is 0 Å². The second-order valence-corrected chi connectivity index (χ2v) is 2.17. The van der Waals surface area contributed by atoms with E-state index in [1.54, 1.807) is 12.1 Å². The Morgan fingerprint density at radius 3 is 2.69 bits per heavy atom. The maximum absolute atomic E-state index is 11.1. The lowest BCUT2D eigenvalue weighted by atomic mass is 10.2. The summed E-state index contributed by atoms with van der Waals surface area (Å²) in [5.74, 6) is -0.407. The summed E-state index contributed by atoms with van der Waals surface area (Å²) < 4.78 is 8.93. The summed E-state index contributed by atoms with van der Waals surface area (Å²) in [6.07, 6.45) is 0. The highest BCUT2D eigenvalue weighted by Crippen LogP contribution is 2.17. The van der Waals surface area contributed by atoms with Gasteiger partial charge in [-0.2, -0.15) is 0 Å². The van der Waals surface area contributed by atoms with Crippen LogP contribution in [0.1, 0.15) is 10.4 Å². The molecule has 0 atom stereocenters. The van der Waals surface area contributed by atoms with E-state index in [0.29, 0.717) is 0 Å². The van der Waals surface area contributed by atoms with Gasteiger partial charge in [0, 0.05) is 0 Å². The van der Waals surface area contributed by atoms with Crippen molar-refractivity contribution < 1.29 is 19.1 Å². The standard InChI is InChI=1S/C9H7O4/c1-12-9(11)7-4-2-3-5-8(7)13-6-10/h2-5H,1H3. The lowest BCUT2D eigenvalue weighted by Crippen LogP contribution is -2.04. The molecule has 4 nitrogen and oxygen atoms in total. The van der Waals surface area contributed by atoms with Gasteiger partial charge in [-0.15, -0.1) is 0 Å². The van der Waals surface area contributed by atoms with Crippen LogP contribution >= 0.6 is 0 Å². The third kappa shape index (κ3) is 2.05. The molecule has 0 saturated heterocycles. The third-order valence-corrected chi connectivity index (χ3v) is 1.44. The van der Waals surface area contributed by atoms with Gasteiger partial charge in [-0.3, -0.25) is 0 Å². The van der Waals surface area contributed by atoms with Crippen LogP contribution in [0.2, 0.25) is 0 Å². The van der Waals surface area contributed by atoms with Gasteiger partial charge in [-0.05, 0) is 12.1 Å². The number of esters is 1. The first kappa shape index (κ1) is 9.25. The molecule has 0 spiro atoms. The topological polar surface area (TPSA) is 52.6 Å². The third-order valence-electron chi connectivity index (χ3n) is 1.44. The van der Waals surface area contributed by atoms with E-state index < -0.39 is 5.97 Å². The SMILES string of the molecule is COC(=O)c1ccccc1O[C]=O. The van der Waals surface area contributed by atoms with E-state index in [1.165, 1.54) is 25.7 Å². The second kappa shape index (κ2) is 4.25. The van der Waals surface area contributed by atoms with E-state index in [9.17, 15) is 9.59 Å². The summed E-state index contributed by atoms with van der Waals surface area (Å²) >= 11 is 0. The Labute approximate surface area is 75.1 Å². The van der Waals surface area contributed by atoms with Crippen LogP contribution in [0.5, 0.6) is 5.75 Å². The Hall–Kier alpha value is -1.84. The predicted octanol–water partition coefficient (Wildman–Crippen LogP) is 0.919. The largest absolute Gasteiger partial charge is 0.465 e. The average Bonchev–Trinajstić information content (AvgIpc) is 2.18. The molecule has 0 aliphatic heterocycles. The molecular formula is C9H7O4. The summed E-state index contributed by atoms with van der Waals surface area (Å²) in [4.78, 5) is 21.0. The monoisotopic (exact) mass is 179 g/mol. The number of methoxy groups -OCH3 is 1. The molecule has 0 heterocycles. The van der Waals surface area contributed by atoms with E-state index in [4.69, 9.17) is 0 Å². The van der Waals surface area contributed by atoms with Crippen molar-refractivity contribution in [1.29, 1.82) is 0 Å². The van der Waals surface area contributed by atoms with Crippen molar-refractivity contribution in [3.63, 3.8) is 0 Å². The number of ether oxygens (including phenoxy) is 2. The molecule has 0 aromatic heterocycles. The van der Waals surface area contributed by atoms with Crippen LogP contribution in [0.15, 0.2) is 24.3 Å². The molecule has 13 heavy (non-hydrogen) atoms. The summed E-state index contributed by atoms with van der Waals surface area (Å²) in [6.45, 7) is 1.25. The second-order valence-electron chi connectivity index (χ2n) is 2.17. The Balaban J connectivity index is 3.03. The molecule has 1 aromatic rings. The summed E-state index contributed by atoms with van der Waals surface area (Å²) in [5.41, 5.74) is 0.202. The average molecular weight is 179 g/mol. The first-order chi connectivity index (χ1) is 6.29. The highest BCUT2D eigenvalue weighted by Gasteiger charge is 2.11. The number of carbonyl (C=O) groups is 1. The Morgan fingerprint density at radius 2 is 2.08 bits per heavy atom. The van der Waals surface area contributed by atoms with Crippen molar-refractivity contribution in [2.24, 2.45) is 0 Å². The molecular weight excluding hydrogens is 172 g/mol. The first-order valence-corrected chi connectivity index (χ1v) is 3.51. The smallest absolute Gasteiger partial charge is 0.423 e. The number of para-hydroxylation sites is 1. The lowest BCUT2D eigenvalue weighted by Gasteiger charge is -2.03. The molecule has 0 unspecified atom stereocenters. The molecule has 0 saturated carbocycles. The zero-order chi connectivity index (χ0) is 9.68. The summed E-state index contributed by atoms with van der Waals surface area (Å²) in [6, 6.07) is 6.26. The normalized spacial score (nSPS) is 9.00. The Bertz CT molecular complexity index is 319. The van der Waals surface area contributed by atoms with E-state index >= 15 is 0 Å². The van der Waals surface area contributed by atoms with Crippen molar-refractivity contribution in [3.8, 4) is 5.75 Å². The maximum Gasteiger partial charge on any atom is 0.423 e. The molecule has 0 bridgehead atoms. The number of benzene rings is 1. The fraction of sp³-hybridized carbons (Fsp3) is 0.111. The van der Waals surface area contributed by atoms with Gasteiger partial charge in [0.05, 0.1) is 7.11 Å². The van der Waals surface area contributed by atoms with E-state index in [-0.39, 0.29) is 11.3 Å². The molecule has 0 aliphatic carbocycles.